The molecule has 0 N–H and O–H groups in total. The largest absolute Gasteiger partial charge is 0.489 e. The van der Waals surface area contributed by atoms with Gasteiger partial charge in [-0.2, -0.15) is 0 Å². The maximum Gasteiger partial charge on any atom is 0.123 e. The molecule has 2 rings (SSSR count). The summed E-state index contributed by atoms with van der Waals surface area (Å²) >= 11 is 0. The first-order valence-corrected chi connectivity index (χ1v) is 6.71. The van der Waals surface area contributed by atoms with E-state index in [9.17, 15) is 0 Å². The quantitative estimate of drug-likeness (QED) is 0.673. The predicted molar refractivity (Wildman–Crippen MR) is 80.4 cm³/mol. The van der Waals surface area contributed by atoms with Gasteiger partial charge in [-0.1, -0.05) is 67.6 Å². The Morgan fingerprint density at radius 1 is 1.00 bits per heavy atom. The number of ether oxygens (including phenoxy) is 1. The Bertz CT molecular complexity index is 528. The summed E-state index contributed by atoms with van der Waals surface area (Å²) in [5.74, 6) is 0.959. The molecule has 0 unspecified atom stereocenters. The van der Waals surface area contributed by atoms with Crippen LogP contribution in [0, 0.1) is 0 Å². The molecule has 0 spiro atoms. The molecule has 0 aliphatic carbocycles. The van der Waals surface area contributed by atoms with Crippen LogP contribution in [0.5, 0.6) is 5.75 Å². The van der Waals surface area contributed by atoms with Crippen molar-refractivity contribution < 1.29 is 4.74 Å². The summed E-state index contributed by atoms with van der Waals surface area (Å²) in [5, 5.41) is 0. The molecule has 1 heteroatoms. The first kappa shape index (κ1) is 13.4. The minimum Gasteiger partial charge on any atom is -0.489 e. The van der Waals surface area contributed by atoms with Gasteiger partial charge in [-0.3, -0.25) is 0 Å². The fraction of sp³-hybridized carbons (Fsp3) is 0.222. The fourth-order valence-electron chi connectivity index (χ4n) is 1.92. The minimum atomic E-state index is 0.608. The highest BCUT2D eigenvalue weighted by molar-refractivity contribution is 5.36. The Morgan fingerprint density at radius 2 is 1.68 bits per heavy atom. The third-order valence-corrected chi connectivity index (χ3v) is 3.15. The average molecular weight is 252 g/mol. The highest BCUT2D eigenvalue weighted by Crippen LogP contribution is 2.22. The SMILES string of the molecule is C=C(CC)Cc1ccccc1OCc1ccccc1. The molecule has 0 saturated heterocycles. The number of hydrogen-bond acceptors (Lipinski definition) is 1. The third-order valence-electron chi connectivity index (χ3n) is 3.15. The Kier molecular flexibility index (Phi) is 4.79. The molecule has 0 atom stereocenters. The molecule has 0 aromatic heterocycles. The van der Waals surface area contributed by atoms with E-state index >= 15 is 0 Å². The fourth-order valence-corrected chi connectivity index (χ4v) is 1.92. The van der Waals surface area contributed by atoms with Crippen molar-refractivity contribution in [1.29, 1.82) is 0 Å². The Balaban J connectivity index is 2.05. The van der Waals surface area contributed by atoms with Crippen molar-refractivity contribution in [3.05, 3.63) is 77.9 Å². The van der Waals surface area contributed by atoms with Crippen LogP contribution in [0.1, 0.15) is 24.5 Å². The van der Waals surface area contributed by atoms with Crippen LogP contribution in [0.25, 0.3) is 0 Å². The van der Waals surface area contributed by atoms with Gasteiger partial charge in [0.25, 0.3) is 0 Å². The maximum absolute atomic E-state index is 5.93. The summed E-state index contributed by atoms with van der Waals surface area (Å²) in [7, 11) is 0. The normalized spacial score (nSPS) is 10.2. The summed E-state index contributed by atoms with van der Waals surface area (Å²) in [6, 6.07) is 18.4. The molecule has 0 amide bonds. The molecule has 0 radical (unpaired) electrons. The van der Waals surface area contributed by atoms with E-state index in [4.69, 9.17) is 4.74 Å². The molecule has 19 heavy (non-hydrogen) atoms. The van der Waals surface area contributed by atoms with Gasteiger partial charge in [0.15, 0.2) is 0 Å². The molecule has 0 fully saturated rings. The average Bonchev–Trinajstić information content (AvgIpc) is 2.47. The smallest absolute Gasteiger partial charge is 0.123 e. The molecular formula is C18H20O. The van der Waals surface area contributed by atoms with E-state index in [1.165, 1.54) is 16.7 Å². The lowest BCUT2D eigenvalue weighted by Crippen LogP contribution is -1.99. The Labute approximate surface area is 115 Å². The molecule has 2 aromatic rings. The van der Waals surface area contributed by atoms with Gasteiger partial charge in [-0.25, -0.2) is 0 Å². The summed E-state index contributed by atoms with van der Waals surface area (Å²) < 4.78 is 5.93. The van der Waals surface area contributed by atoms with Gasteiger partial charge >= 0.3 is 0 Å². The van der Waals surface area contributed by atoms with E-state index < -0.39 is 0 Å². The number of para-hydroxylation sites is 1. The molecule has 0 aliphatic heterocycles. The van der Waals surface area contributed by atoms with Crippen LogP contribution in [0.15, 0.2) is 66.7 Å². The number of hydrogen-bond donors (Lipinski definition) is 0. The second-order valence-electron chi connectivity index (χ2n) is 4.66. The van der Waals surface area contributed by atoms with Crippen molar-refractivity contribution in [2.75, 3.05) is 0 Å². The van der Waals surface area contributed by atoms with Gasteiger partial charge in [0.2, 0.25) is 0 Å². The zero-order chi connectivity index (χ0) is 13.5. The van der Waals surface area contributed by atoms with Crippen LogP contribution in [0.2, 0.25) is 0 Å². The molecule has 0 saturated carbocycles. The van der Waals surface area contributed by atoms with Crippen molar-refractivity contribution in [3.63, 3.8) is 0 Å². The predicted octanol–water partition coefficient (Wildman–Crippen LogP) is 4.77. The van der Waals surface area contributed by atoms with Crippen LogP contribution in [0.4, 0.5) is 0 Å². The van der Waals surface area contributed by atoms with E-state index in [-0.39, 0.29) is 0 Å². The first-order chi connectivity index (χ1) is 9.29. The van der Waals surface area contributed by atoms with Gasteiger partial charge < -0.3 is 4.74 Å². The van der Waals surface area contributed by atoms with E-state index in [1.54, 1.807) is 0 Å². The van der Waals surface area contributed by atoms with Gasteiger partial charge in [-0.15, -0.1) is 0 Å². The molecule has 98 valence electrons. The summed E-state index contributed by atoms with van der Waals surface area (Å²) in [5.41, 5.74) is 3.63. The van der Waals surface area contributed by atoms with Crippen LogP contribution in [-0.4, -0.2) is 0 Å². The van der Waals surface area contributed by atoms with E-state index in [0.29, 0.717) is 6.61 Å². The van der Waals surface area contributed by atoms with Crippen molar-refractivity contribution in [1.82, 2.24) is 0 Å². The van der Waals surface area contributed by atoms with Gasteiger partial charge in [0.05, 0.1) is 0 Å². The number of benzene rings is 2. The van der Waals surface area contributed by atoms with E-state index in [2.05, 4.69) is 31.7 Å². The van der Waals surface area contributed by atoms with Gasteiger partial charge in [0.1, 0.15) is 12.4 Å². The van der Waals surface area contributed by atoms with Crippen molar-refractivity contribution in [2.45, 2.75) is 26.4 Å². The lowest BCUT2D eigenvalue weighted by Gasteiger charge is -2.12. The number of rotatable bonds is 6. The van der Waals surface area contributed by atoms with Crippen molar-refractivity contribution in [2.24, 2.45) is 0 Å². The summed E-state index contributed by atoms with van der Waals surface area (Å²) in [6.45, 7) is 6.81. The molecule has 1 nitrogen and oxygen atoms in total. The maximum atomic E-state index is 5.93. The van der Waals surface area contributed by atoms with E-state index in [0.717, 1.165) is 18.6 Å². The van der Waals surface area contributed by atoms with Crippen LogP contribution >= 0.6 is 0 Å². The Morgan fingerprint density at radius 3 is 2.42 bits per heavy atom. The van der Waals surface area contributed by atoms with Crippen molar-refractivity contribution >= 4 is 0 Å². The number of allylic oxidation sites excluding steroid dienone is 1. The first-order valence-electron chi connectivity index (χ1n) is 6.71. The third kappa shape index (κ3) is 3.99. The standard InChI is InChI=1S/C18H20O/c1-3-15(2)13-17-11-7-8-12-18(17)19-14-16-9-5-4-6-10-16/h4-12H,2-3,13-14H2,1H3. The second-order valence-corrected chi connectivity index (χ2v) is 4.66. The molecule has 0 bridgehead atoms. The monoisotopic (exact) mass is 252 g/mol. The highest BCUT2D eigenvalue weighted by atomic mass is 16.5. The van der Waals surface area contributed by atoms with Crippen LogP contribution in [0.3, 0.4) is 0 Å². The second kappa shape index (κ2) is 6.79. The lowest BCUT2D eigenvalue weighted by molar-refractivity contribution is 0.303. The van der Waals surface area contributed by atoms with E-state index in [1.807, 2.05) is 36.4 Å². The Hall–Kier alpha value is -2.02. The topological polar surface area (TPSA) is 9.23 Å². The highest BCUT2D eigenvalue weighted by Gasteiger charge is 2.04. The lowest BCUT2D eigenvalue weighted by atomic mass is 10.0. The zero-order valence-electron chi connectivity index (χ0n) is 11.4. The molecule has 0 aliphatic rings. The van der Waals surface area contributed by atoms with Gasteiger partial charge in [-0.05, 0) is 30.0 Å². The molecule has 2 aromatic carbocycles. The van der Waals surface area contributed by atoms with Gasteiger partial charge in [0, 0.05) is 0 Å². The summed E-state index contributed by atoms with van der Waals surface area (Å²) in [6.07, 6.45) is 1.90. The molecular weight excluding hydrogens is 232 g/mol. The summed E-state index contributed by atoms with van der Waals surface area (Å²) in [4.78, 5) is 0. The zero-order valence-corrected chi connectivity index (χ0v) is 11.4. The minimum absolute atomic E-state index is 0.608. The van der Waals surface area contributed by atoms with Crippen molar-refractivity contribution in [3.8, 4) is 5.75 Å². The van der Waals surface area contributed by atoms with Crippen LogP contribution < -0.4 is 4.74 Å². The van der Waals surface area contributed by atoms with Crippen LogP contribution in [-0.2, 0) is 13.0 Å². The molecule has 0 heterocycles.